The molecule has 7 nitrogen and oxygen atoms in total. The highest BCUT2D eigenvalue weighted by Crippen LogP contribution is 2.29. The molecular weight excluding hydrogens is 508 g/mol. The van der Waals surface area contributed by atoms with Crippen LogP contribution in [0.2, 0.25) is 0 Å². The molecule has 0 radical (unpaired) electrons. The number of halogens is 1. The van der Waals surface area contributed by atoms with Crippen LogP contribution in [0.4, 0.5) is 0 Å². The van der Waals surface area contributed by atoms with Crippen LogP contribution in [0.1, 0.15) is 51.3 Å². The number of hydrogen-bond donors (Lipinski definition) is 1. The summed E-state index contributed by atoms with van der Waals surface area (Å²) in [7, 11) is 1.60. The monoisotopic (exact) mass is 540 g/mol. The highest BCUT2D eigenvalue weighted by Gasteiger charge is 2.11. The first-order chi connectivity index (χ1) is 16.8. The highest BCUT2D eigenvalue weighted by atomic mass is 79.9. The summed E-state index contributed by atoms with van der Waals surface area (Å²) in [5.74, 6) is 1.61. The van der Waals surface area contributed by atoms with Gasteiger partial charge in [-0.15, -0.1) is 5.10 Å². The number of hydrogen-bond acceptors (Lipinski definition) is 5. The molecule has 8 heteroatoms. The summed E-state index contributed by atoms with van der Waals surface area (Å²) in [4.78, 5) is 12.3. The van der Waals surface area contributed by atoms with E-state index in [4.69, 9.17) is 9.47 Å². The summed E-state index contributed by atoms with van der Waals surface area (Å²) < 4.78 is 14.1. The normalized spacial score (nSPS) is 11.6. The second-order valence-corrected chi connectivity index (χ2v) is 9.77. The number of carbonyl (C=O) groups is 1. The van der Waals surface area contributed by atoms with E-state index in [0.29, 0.717) is 36.1 Å². The van der Waals surface area contributed by atoms with Gasteiger partial charge in [-0.3, -0.25) is 4.79 Å². The Balaban J connectivity index is 1.50. The van der Waals surface area contributed by atoms with Gasteiger partial charge in [0.1, 0.15) is 12.3 Å². The molecule has 0 aliphatic carbocycles. The Bertz CT molecular complexity index is 1140. The largest absolute Gasteiger partial charge is 0.493 e. The molecular formula is C27H33BrN4O3. The molecule has 0 unspecified atom stereocenters. The van der Waals surface area contributed by atoms with Crippen molar-refractivity contribution in [3.63, 3.8) is 0 Å². The number of carbonyl (C=O) groups excluding carboxylic acids is 1. The van der Waals surface area contributed by atoms with Crippen LogP contribution >= 0.6 is 15.9 Å². The first kappa shape index (κ1) is 26.5. The zero-order chi connectivity index (χ0) is 25.2. The molecule has 1 atom stereocenters. The van der Waals surface area contributed by atoms with Crippen LogP contribution in [0.5, 0.6) is 11.5 Å². The van der Waals surface area contributed by atoms with E-state index in [0.717, 1.165) is 28.6 Å². The van der Waals surface area contributed by atoms with Crippen molar-refractivity contribution < 1.29 is 14.3 Å². The summed E-state index contributed by atoms with van der Waals surface area (Å²) >= 11 is 3.43. The predicted molar refractivity (Wildman–Crippen MR) is 141 cm³/mol. The first-order valence-electron chi connectivity index (χ1n) is 11.7. The average Bonchev–Trinajstić information content (AvgIpc) is 3.31. The topological polar surface area (TPSA) is 78.3 Å². The van der Waals surface area contributed by atoms with Crippen molar-refractivity contribution in [1.29, 1.82) is 0 Å². The van der Waals surface area contributed by atoms with E-state index in [1.54, 1.807) is 11.8 Å². The minimum atomic E-state index is 0.0582. The maximum atomic E-state index is 12.3. The lowest BCUT2D eigenvalue weighted by Crippen LogP contribution is -2.24. The van der Waals surface area contributed by atoms with Gasteiger partial charge in [0.2, 0.25) is 5.91 Å². The molecule has 35 heavy (non-hydrogen) atoms. The number of rotatable bonds is 12. The number of aromatic nitrogens is 3. The summed E-state index contributed by atoms with van der Waals surface area (Å²) in [6, 6.07) is 13.5. The van der Waals surface area contributed by atoms with Gasteiger partial charge in [-0.2, -0.15) is 0 Å². The number of ether oxygens (including phenoxy) is 2. The van der Waals surface area contributed by atoms with Crippen molar-refractivity contribution in [2.75, 3.05) is 7.11 Å². The van der Waals surface area contributed by atoms with Gasteiger partial charge in [0.15, 0.2) is 11.5 Å². The van der Waals surface area contributed by atoms with Crippen molar-refractivity contribution in [3.05, 3.63) is 76.0 Å². The van der Waals surface area contributed by atoms with E-state index in [2.05, 4.69) is 58.4 Å². The number of benzene rings is 2. The number of amides is 1. The third-order valence-corrected chi connectivity index (χ3v) is 6.00. The zero-order valence-corrected chi connectivity index (χ0v) is 22.3. The first-order valence-corrected chi connectivity index (χ1v) is 12.5. The second kappa shape index (κ2) is 13.1. The molecule has 1 aromatic heterocycles. The second-order valence-electron chi connectivity index (χ2n) is 8.85. The fourth-order valence-electron chi connectivity index (χ4n) is 3.53. The van der Waals surface area contributed by atoms with Crippen LogP contribution in [0.3, 0.4) is 0 Å². The fourth-order valence-corrected chi connectivity index (χ4v) is 3.79. The molecule has 1 heterocycles. The highest BCUT2D eigenvalue weighted by molar-refractivity contribution is 9.10. The lowest BCUT2D eigenvalue weighted by Gasteiger charge is -2.13. The molecule has 0 fully saturated rings. The molecule has 0 bridgehead atoms. The molecule has 0 spiro atoms. The van der Waals surface area contributed by atoms with Gasteiger partial charge >= 0.3 is 0 Å². The maximum Gasteiger partial charge on any atom is 0.220 e. The summed E-state index contributed by atoms with van der Waals surface area (Å²) in [6.07, 6.45) is 6.59. The van der Waals surface area contributed by atoms with Crippen LogP contribution in [0.15, 0.2) is 64.8 Å². The predicted octanol–water partition coefficient (Wildman–Crippen LogP) is 6.01. The number of nitrogens with one attached hydrogen (secondary N) is 1. The standard InChI is InChI=1S/C27H33BrN4O3/c1-19(2)6-5-7-20(3)14-27(33)29-16-21-8-13-25(26(15-21)34-4)35-18-23-17-32(31-30-23)24-11-9-22(28)10-12-24/h6,8-13,15,17,20H,5,7,14,16,18H2,1-4H3,(H,29,33)/t20-/m1/s1. The summed E-state index contributed by atoms with van der Waals surface area (Å²) in [5.41, 5.74) is 3.87. The molecule has 1 amide bonds. The summed E-state index contributed by atoms with van der Waals surface area (Å²) in [5, 5.41) is 11.4. The van der Waals surface area contributed by atoms with E-state index in [1.165, 1.54) is 5.57 Å². The average molecular weight is 541 g/mol. The lowest BCUT2D eigenvalue weighted by atomic mass is 10.0. The van der Waals surface area contributed by atoms with E-state index in [9.17, 15) is 4.79 Å². The molecule has 0 aliphatic rings. The quantitative estimate of drug-likeness (QED) is 0.285. The van der Waals surface area contributed by atoms with Crippen molar-refractivity contribution in [2.24, 2.45) is 5.92 Å². The van der Waals surface area contributed by atoms with Crippen molar-refractivity contribution in [3.8, 4) is 17.2 Å². The lowest BCUT2D eigenvalue weighted by molar-refractivity contribution is -0.122. The molecule has 0 saturated heterocycles. The van der Waals surface area contributed by atoms with Gasteiger partial charge in [-0.25, -0.2) is 4.68 Å². The molecule has 1 N–H and O–H groups in total. The number of allylic oxidation sites excluding steroid dienone is 2. The van der Waals surface area contributed by atoms with Gasteiger partial charge in [0.05, 0.1) is 19.0 Å². The molecule has 0 aliphatic heterocycles. The molecule has 186 valence electrons. The van der Waals surface area contributed by atoms with Crippen LogP contribution in [0, 0.1) is 5.92 Å². The molecule has 2 aromatic carbocycles. The molecule has 3 aromatic rings. The third kappa shape index (κ3) is 8.55. The Labute approximate surface area is 215 Å². The fraction of sp³-hybridized carbons (Fsp3) is 0.370. The van der Waals surface area contributed by atoms with E-state index >= 15 is 0 Å². The van der Waals surface area contributed by atoms with Crippen molar-refractivity contribution in [1.82, 2.24) is 20.3 Å². The Kier molecular flexibility index (Phi) is 9.90. The van der Waals surface area contributed by atoms with E-state index < -0.39 is 0 Å². The third-order valence-electron chi connectivity index (χ3n) is 5.47. The Morgan fingerprint density at radius 2 is 1.94 bits per heavy atom. The summed E-state index contributed by atoms with van der Waals surface area (Å²) in [6.45, 7) is 7.01. The Morgan fingerprint density at radius 3 is 2.66 bits per heavy atom. The number of methoxy groups -OCH3 is 1. The molecule has 3 rings (SSSR count). The Hall–Kier alpha value is -3.13. The van der Waals surface area contributed by atoms with E-state index in [-0.39, 0.29) is 12.5 Å². The van der Waals surface area contributed by atoms with Crippen LogP contribution in [-0.4, -0.2) is 28.0 Å². The Morgan fingerprint density at radius 1 is 1.17 bits per heavy atom. The van der Waals surface area contributed by atoms with Gasteiger partial charge in [0, 0.05) is 17.4 Å². The van der Waals surface area contributed by atoms with Gasteiger partial charge in [-0.1, -0.05) is 45.8 Å². The number of nitrogens with zero attached hydrogens (tertiary/aromatic N) is 3. The van der Waals surface area contributed by atoms with Gasteiger partial charge in [0.25, 0.3) is 0 Å². The van der Waals surface area contributed by atoms with Crippen LogP contribution in [0.25, 0.3) is 5.69 Å². The minimum Gasteiger partial charge on any atom is -0.493 e. The van der Waals surface area contributed by atoms with Crippen molar-refractivity contribution >= 4 is 21.8 Å². The van der Waals surface area contributed by atoms with E-state index in [1.807, 2.05) is 48.7 Å². The smallest absolute Gasteiger partial charge is 0.220 e. The van der Waals surface area contributed by atoms with Crippen LogP contribution in [-0.2, 0) is 17.9 Å². The zero-order valence-electron chi connectivity index (χ0n) is 20.8. The van der Waals surface area contributed by atoms with Crippen LogP contribution < -0.4 is 14.8 Å². The minimum absolute atomic E-state index is 0.0582. The maximum absolute atomic E-state index is 12.3. The van der Waals surface area contributed by atoms with Gasteiger partial charge in [-0.05, 0) is 74.6 Å². The van der Waals surface area contributed by atoms with Gasteiger partial charge < -0.3 is 14.8 Å². The SMILES string of the molecule is COc1cc(CNC(=O)C[C@H](C)CCC=C(C)C)ccc1OCc1cn(-c2ccc(Br)cc2)nn1. The molecule has 0 saturated carbocycles. The van der Waals surface area contributed by atoms with Crippen molar-refractivity contribution in [2.45, 2.75) is 53.2 Å².